The molecular weight excluding hydrogens is 393 g/mol. The highest BCUT2D eigenvalue weighted by Crippen LogP contribution is 2.47. The number of ketones is 2. The Balaban J connectivity index is 1.58. The largest absolute Gasteiger partial charge is 0.488 e. The molecule has 0 bridgehead atoms. The summed E-state index contributed by atoms with van der Waals surface area (Å²) in [6.45, 7) is 0.0777. The Morgan fingerprint density at radius 3 is 2.13 bits per heavy atom. The third kappa shape index (κ3) is 3.58. The summed E-state index contributed by atoms with van der Waals surface area (Å²) in [4.78, 5) is 26.0. The summed E-state index contributed by atoms with van der Waals surface area (Å²) in [6, 6.07) is 14.0. The second-order valence-corrected chi connectivity index (χ2v) is 8.31. The van der Waals surface area contributed by atoms with Crippen LogP contribution in [0.2, 0.25) is 0 Å². The Morgan fingerprint density at radius 2 is 1.45 bits per heavy atom. The van der Waals surface area contributed by atoms with Gasteiger partial charge in [0, 0.05) is 52.4 Å². The monoisotopic (exact) mass is 417 g/mol. The fourth-order valence-electron chi connectivity index (χ4n) is 4.92. The number of Topliss-reactive ketones (excluding diaryl/α,β-unsaturated/α-hetero) is 2. The lowest BCUT2D eigenvalue weighted by Crippen LogP contribution is -2.36. The number of hydrogen-bond donors (Lipinski definition) is 1. The number of hydrogen-bond acceptors (Lipinski definition) is 4. The number of ether oxygens (including phenoxy) is 1. The first-order valence-corrected chi connectivity index (χ1v) is 10.9. The number of benzene rings is 2. The number of allylic oxidation sites excluding steroid dienone is 4. The third-order valence-corrected chi connectivity index (χ3v) is 6.36. The number of carbonyl (C=O) groups excluding carboxylic acids is 2. The van der Waals surface area contributed by atoms with Crippen molar-refractivity contribution in [2.45, 2.75) is 51.0 Å². The van der Waals surface area contributed by atoms with E-state index in [0.717, 1.165) is 42.6 Å². The molecule has 1 aliphatic heterocycles. The average Bonchev–Trinajstić information content (AvgIpc) is 2.78. The first kappa shape index (κ1) is 19.7. The molecule has 0 aromatic heterocycles. The van der Waals surface area contributed by atoms with Gasteiger partial charge in [0.25, 0.3) is 0 Å². The zero-order chi connectivity index (χ0) is 21.4. The van der Waals surface area contributed by atoms with E-state index in [1.165, 1.54) is 6.07 Å². The average molecular weight is 417 g/mol. The van der Waals surface area contributed by atoms with Crippen LogP contribution in [0.3, 0.4) is 0 Å². The van der Waals surface area contributed by atoms with E-state index in [4.69, 9.17) is 4.74 Å². The zero-order valence-electron chi connectivity index (χ0n) is 17.2. The van der Waals surface area contributed by atoms with Crippen molar-refractivity contribution in [1.29, 1.82) is 0 Å². The van der Waals surface area contributed by atoms with Gasteiger partial charge in [0.15, 0.2) is 11.6 Å². The molecule has 2 aromatic carbocycles. The molecule has 5 heteroatoms. The van der Waals surface area contributed by atoms with E-state index in [9.17, 15) is 14.0 Å². The fourth-order valence-corrected chi connectivity index (χ4v) is 4.92. The Kier molecular flexibility index (Phi) is 5.18. The number of carbonyl (C=O) groups is 2. The van der Waals surface area contributed by atoms with Gasteiger partial charge in [0.05, 0.1) is 0 Å². The van der Waals surface area contributed by atoms with Gasteiger partial charge in [-0.3, -0.25) is 9.59 Å². The van der Waals surface area contributed by atoms with E-state index >= 15 is 0 Å². The molecule has 2 aromatic rings. The van der Waals surface area contributed by atoms with Crippen LogP contribution in [0.25, 0.3) is 0 Å². The van der Waals surface area contributed by atoms with Gasteiger partial charge in [0.2, 0.25) is 0 Å². The number of halogens is 1. The number of rotatable bonds is 4. The molecule has 0 saturated carbocycles. The van der Waals surface area contributed by atoms with Crippen LogP contribution in [0.1, 0.15) is 55.6 Å². The molecule has 0 unspecified atom stereocenters. The van der Waals surface area contributed by atoms with Crippen molar-refractivity contribution in [3.8, 4) is 5.75 Å². The lowest BCUT2D eigenvalue weighted by molar-refractivity contribution is -0.116. The highest BCUT2D eigenvalue weighted by Gasteiger charge is 2.41. The predicted molar refractivity (Wildman–Crippen MR) is 115 cm³/mol. The molecule has 158 valence electrons. The summed E-state index contributed by atoms with van der Waals surface area (Å²) in [6.07, 6.45) is 4.23. The Bertz CT molecular complexity index is 1090. The zero-order valence-corrected chi connectivity index (χ0v) is 17.2. The van der Waals surface area contributed by atoms with Crippen LogP contribution < -0.4 is 10.1 Å². The fraction of sp³-hybridized carbons (Fsp3) is 0.308. The maximum atomic E-state index is 14.1. The molecule has 0 radical (unpaired) electrons. The van der Waals surface area contributed by atoms with Crippen LogP contribution in [-0.2, 0) is 16.2 Å². The van der Waals surface area contributed by atoms with Crippen LogP contribution >= 0.6 is 0 Å². The van der Waals surface area contributed by atoms with E-state index in [1.807, 2.05) is 24.3 Å². The standard InChI is InChI=1S/C26H24FNO3/c27-18-9-3-1-7-16(18)15-31-23-14-4-2-8-17(23)24-25-19(10-5-12-21(25)29)28-20-11-6-13-22(30)26(20)24/h1-4,7-9,14,24,28H,5-6,10-13,15H2. The van der Waals surface area contributed by atoms with Gasteiger partial charge in [-0.15, -0.1) is 0 Å². The second-order valence-electron chi connectivity index (χ2n) is 8.31. The van der Waals surface area contributed by atoms with Gasteiger partial charge in [-0.25, -0.2) is 4.39 Å². The van der Waals surface area contributed by atoms with Gasteiger partial charge in [-0.2, -0.15) is 0 Å². The van der Waals surface area contributed by atoms with Crippen molar-refractivity contribution in [2.75, 3.05) is 0 Å². The minimum atomic E-state index is -0.427. The molecule has 0 saturated heterocycles. The van der Waals surface area contributed by atoms with Crippen LogP contribution in [0.5, 0.6) is 5.75 Å². The first-order valence-electron chi connectivity index (χ1n) is 10.9. The summed E-state index contributed by atoms with van der Waals surface area (Å²) in [7, 11) is 0. The van der Waals surface area contributed by atoms with Crippen LogP contribution in [-0.4, -0.2) is 11.6 Å². The van der Waals surface area contributed by atoms with E-state index < -0.39 is 5.92 Å². The quantitative estimate of drug-likeness (QED) is 0.752. The lowest BCUT2D eigenvalue weighted by atomic mass is 9.71. The second kappa shape index (κ2) is 8.14. The summed E-state index contributed by atoms with van der Waals surface area (Å²) in [5, 5.41) is 3.43. The Hall–Kier alpha value is -3.21. The Morgan fingerprint density at radius 1 is 0.839 bits per heavy atom. The molecule has 1 heterocycles. The van der Waals surface area contributed by atoms with E-state index in [-0.39, 0.29) is 24.0 Å². The first-order chi connectivity index (χ1) is 15.1. The third-order valence-electron chi connectivity index (χ3n) is 6.36. The molecule has 0 atom stereocenters. The summed E-state index contributed by atoms with van der Waals surface area (Å²) in [5.41, 5.74) is 4.54. The molecule has 4 nitrogen and oxygen atoms in total. The normalized spacial score (nSPS) is 19.1. The lowest BCUT2D eigenvalue weighted by Gasteiger charge is -2.37. The molecule has 0 spiro atoms. The molecular formula is C26H24FNO3. The number of dihydropyridines is 1. The van der Waals surface area contributed by atoms with Crippen molar-refractivity contribution in [3.63, 3.8) is 0 Å². The van der Waals surface area contributed by atoms with E-state index in [1.54, 1.807) is 18.2 Å². The number of nitrogens with one attached hydrogen (secondary N) is 1. The minimum absolute atomic E-state index is 0.0777. The van der Waals surface area contributed by atoms with Crippen molar-refractivity contribution in [1.82, 2.24) is 5.32 Å². The van der Waals surface area contributed by atoms with E-state index in [2.05, 4.69) is 5.32 Å². The van der Waals surface area contributed by atoms with Gasteiger partial charge in [-0.1, -0.05) is 36.4 Å². The van der Waals surface area contributed by atoms with Crippen molar-refractivity contribution >= 4 is 11.6 Å². The summed E-state index contributed by atoms with van der Waals surface area (Å²) in [5.74, 6) is 0.0127. The summed E-state index contributed by atoms with van der Waals surface area (Å²) >= 11 is 0. The smallest absolute Gasteiger partial charge is 0.161 e. The van der Waals surface area contributed by atoms with Gasteiger partial charge in [-0.05, 0) is 37.8 Å². The maximum absolute atomic E-state index is 14.1. The van der Waals surface area contributed by atoms with Crippen LogP contribution in [0, 0.1) is 5.82 Å². The maximum Gasteiger partial charge on any atom is 0.161 e. The molecule has 5 rings (SSSR count). The molecule has 0 amide bonds. The van der Waals surface area contributed by atoms with Crippen molar-refractivity contribution in [3.05, 3.63) is 88.0 Å². The number of para-hydroxylation sites is 1. The van der Waals surface area contributed by atoms with Crippen LogP contribution in [0.4, 0.5) is 4.39 Å². The Labute approximate surface area is 180 Å². The van der Waals surface area contributed by atoms with Crippen LogP contribution in [0.15, 0.2) is 71.1 Å². The predicted octanol–water partition coefficient (Wildman–Crippen LogP) is 5.11. The van der Waals surface area contributed by atoms with Gasteiger partial charge >= 0.3 is 0 Å². The highest BCUT2D eigenvalue weighted by atomic mass is 19.1. The highest BCUT2D eigenvalue weighted by molar-refractivity contribution is 6.06. The van der Waals surface area contributed by atoms with Crippen molar-refractivity contribution in [2.24, 2.45) is 0 Å². The molecule has 1 N–H and O–H groups in total. The molecule has 31 heavy (non-hydrogen) atoms. The van der Waals surface area contributed by atoms with Gasteiger partial charge in [0.1, 0.15) is 18.2 Å². The summed E-state index contributed by atoms with van der Waals surface area (Å²) < 4.78 is 20.2. The molecule has 2 aliphatic carbocycles. The SMILES string of the molecule is O=C1CCCC2=C1C(c1ccccc1OCc1ccccc1F)C1=C(CCCC1=O)N2. The molecule has 0 fully saturated rings. The van der Waals surface area contributed by atoms with Crippen molar-refractivity contribution < 1.29 is 18.7 Å². The topological polar surface area (TPSA) is 55.4 Å². The van der Waals surface area contributed by atoms with E-state index in [0.29, 0.717) is 35.3 Å². The minimum Gasteiger partial charge on any atom is -0.488 e. The van der Waals surface area contributed by atoms with Gasteiger partial charge < -0.3 is 10.1 Å². The molecule has 3 aliphatic rings.